The molecule has 22 heavy (non-hydrogen) atoms. The second kappa shape index (κ2) is 9.72. The number of ether oxygens (including phenoxy) is 1. The molecular formula is C17H26F3NO. The largest absolute Gasteiger partial charge is 0.573 e. The van der Waals surface area contributed by atoms with E-state index in [2.05, 4.69) is 23.9 Å². The molecule has 0 fully saturated rings. The lowest BCUT2D eigenvalue weighted by atomic mass is 10.1. The molecule has 1 aromatic carbocycles. The maximum absolute atomic E-state index is 12.2. The average molecular weight is 317 g/mol. The normalized spacial score (nSPS) is 13.1. The number of alkyl halides is 3. The van der Waals surface area contributed by atoms with Crippen molar-refractivity contribution in [2.45, 2.75) is 71.3 Å². The SMILES string of the molecule is CCCCCCCC(C)NCc1cccc(OC(F)(F)F)c1. The summed E-state index contributed by atoms with van der Waals surface area (Å²) in [6.07, 6.45) is 2.68. The van der Waals surface area contributed by atoms with Crippen LogP contribution in [-0.2, 0) is 6.54 Å². The Labute approximate surface area is 131 Å². The zero-order chi connectivity index (χ0) is 16.4. The standard InChI is InChI=1S/C17H26F3NO/c1-3-4-5-6-7-9-14(2)21-13-15-10-8-11-16(12-15)22-17(18,19)20/h8,10-12,14,21H,3-7,9,13H2,1-2H3. The maximum Gasteiger partial charge on any atom is 0.573 e. The third-order valence-electron chi connectivity index (χ3n) is 3.53. The third kappa shape index (κ3) is 8.93. The fraction of sp³-hybridized carbons (Fsp3) is 0.647. The lowest BCUT2D eigenvalue weighted by molar-refractivity contribution is -0.274. The molecule has 1 aromatic rings. The average Bonchev–Trinajstić information content (AvgIpc) is 2.43. The van der Waals surface area contributed by atoms with E-state index in [1.165, 1.54) is 44.2 Å². The van der Waals surface area contributed by atoms with Gasteiger partial charge in [-0.3, -0.25) is 0 Å². The van der Waals surface area contributed by atoms with Crippen LogP contribution >= 0.6 is 0 Å². The fourth-order valence-corrected chi connectivity index (χ4v) is 2.30. The van der Waals surface area contributed by atoms with E-state index in [4.69, 9.17) is 0 Å². The Morgan fingerprint density at radius 2 is 1.86 bits per heavy atom. The monoisotopic (exact) mass is 317 g/mol. The number of hydrogen-bond acceptors (Lipinski definition) is 2. The van der Waals surface area contributed by atoms with Crippen LogP contribution in [-0.4, -0.2) is 12.4 Å². The van der Waals surface area contributed by atoms with Crippen molar-refractivity contribution >= 4 is 0 Å². The van der Waals surface area contributed by atoms with Crippen LogP contribution in [0.25, 0.3) is 0 Å². The van der Waals surface area contributed by atoms with E-state index in [-0.39, 0.29) is 5.75 Å². The summed E-state index contributed by atoms with van der Waals surface area (Å²) >= 11 is 0. The van der Waals surface area contributed by atoms with Crippen LogP contribution in [0.3, 0.4) is 0 Å². The Bertz CT molecular complexity index is 421. The molecule has 0 aliphatic rings. The number of nitrogens with one attached hydrogen (secondary N) is 1. The second-order valence-electron chi connectivity index (χ2n) is 5.68. The molecular weight excluding hydrogens is 291 g/mol. The number of hydrogen-bond donors (Lipinski definition) is 1. The highest BCUT2D eigenvalue weighted by Gasteiger charge is 2.31. The Morgan fingerprint density at radius 1 is 1.14 bits per heavy atom. The molecule has 2 nitrogen and oxygen atoms in total. The highest BCUT2D eigenvalue weighted by Crippen LogP contribution is 2.23. The molecule has 0 aromatic heterocycles. The van der Waals surface area contributed by atoms with E-state index in [1.807, 2.05) is 0 Å². The summed E-state index contributed by atoms with van der Waals surface area (Å²) in [5.74, 6) is -0.168. The molecule has 5 heteroatoms. The zero-order valence-electron chi connectivity index (χ0n) is 13.4. The van der Waals surface area contributed by atoms with Crippen molar-refractivity contribution in [1.29, 1.82) is 0 Å². The molecule has 0 aliphatic heterocycles. The lowest BCUT2D eigenvalue weighted by Gasteiger charge is -2.15. The highest BCUT2D eigenvalue weighted by atomic mass is 19.4. The van der Waals surface area contributed by atoms with Gasteiger partial charge in [-0.05, 0) is 31.0 Å². The zero-order valence-corrected chi connectivity index (χ0v) is 13.4. The summed E-state index contributed by atoms with van der Waals surface area (Å²) < 4.78 is 40.5. The molecule has 0 radical (unpaired) electrons. The van der Waals surface area contributed by atoms with Crippen molar-refractivity contribution in [3.63, 3.8) is 0 Å². The molecule has 0 amide bonds. The summed E-state index contributed by atoms with van der Waals surface area (Å²) in [5, 5.41) is 3.34. The van der Waals surface area contributed by atoms with Crippen molar-refractivity contribution in [1.82, 2.24) is 5.32 Å². The third-order valence-corrected chi connectivity index (χ3v) is 3.53. The van der Waals surface area contributed by atoms with Gasteiger partial charge >= 0.3 is 6.36 Å². The van der Waals surface area contributed by atoms with Gasteiger partial charge in [0.1, 0.15) is 5.75 Å². The molecule has 0 saturated carbocycles. The van der Waals surface area contributed by atoms with E-state index < -0.39 is 6.36 Å². The number of unbranched alkanes of at least 4 members (excludes halogenated alkanes) is 4. The Kier molecular flexibility index (Phi) is 8.31. The highest BCUT2D eigenvalue weighted by molar-refractivity contribution is 5.28. The van der Waals surface area contributed by atoms with E-state index in [0.29, 0.717) is 12.6 Å². The number of rotatable bonds is 10. The summed E-state index contributed by atoms with van der Waals surface area (Å²) in [4.78, 5) is 0. The predicted octanol–water partition coefficient (Wildman–Crippen LogP) is 5.42. The van der Waals surface area contributed by atoms with Gasteiger partial charge < -0.3 is 10.1 Å². The van der Waals surface area contributed by atoms with Gasteiger partial charge in [0.15, 0.2) is 0 Å². The first-order valence-electron chi connectivity index (χ1n) is 7.99. The smallest absolute Gasteiger partial charge is 0.406 e. The number of halogens is 3. The molecule has 0 aliphatic carbocycles. The van der Waals surface area contributed by atoms with Crippen LogP contribution in [0.5, 0.6) is 5.75 Å². The minimum atomic E-state index is -4.64. The molecule has 0 saturated heterocycles. The van der Waals surface area contributed by atoms with Crippen molar-refractivity contribution in [2.75, 3.05) is 0 Å². The Hall–Kier alpha value is -1.23. The molecule has 0 spiro atoms. The molecule has 1 N–H and O–H groups in total. The van der Waals surface area contributed by atoms with E-state index >= 15 is 0 Å². The summed E-state index contributed by atoms with van der Waals surface area (Å²) in [5.41, 5.74) is 0.791. The van der Waals surface area contributed by atoms with Crippen LogP contribution in [0.4, 0.5) is 13.2 Å². The van der Waals surface area contributed by atoms with Crippen molar-refractivity contribution in [3.05, 3.63) is 29.8 Å². The van der Waals surface area contributed by atoms with Gasteiger partial charge in [-0.2, -0.15) is 0 Å². The topological polar surface area (TPSA) is 21.3 Å². The first-order chi connectivity index (χ1) is 10.4. The molecule has 0 bridgehead atoms. The van der Waals surface area contributed by atoms with Crippen LogP contribution < -0.4 is 10.1 Å². The van der Waals surface area contributed by atoms with Gasteiger partial charge in [-0.1, -0.05) is 51.2 Å². The van der Waals surface area contributed by atoms with Gasteiger partial charge in [0, 0.05) is 12.6 Å². The molecule has 1 atom stereocenters. The van der Waals surface area contributed by atoms with Crippen LogP contribution in [0.2, 0.25) is 0 Å². The minimum absolute atomic E-state index is 0.168. The van der Waals surface area contributed by atoms with Crippen molar-refractivity contribution < 1.29 is 17.9 Å². The van der Waals surface area contributed by atoms with E-state index in [1.54, 1.807) is 12.1 Å². The summed E-state index contributed by atoms with van der Waals surface area (Å²) in [7, 11) is 0. The first kappa shape index (κ1) is 18.8. The van der Waals surface area contributed by atoms with Crippen LogP contribution in [0.1, 0.15) is 57.9 Å². The fourth-order valence-electron chi connectivity index (χ4n) is 2.30. The van der Waals surface area contributed by atoms with Gasteiger partial charge in [0.05, 0.1) is 0 Å². The molecule has 0 heterocycles. The first-order valence-corrected chi connectivity index (χ1v) is 7.99. The van der Waals surface area contributed by atoms with Crippen LogP contribution in [0.15, 0.2) is 24.3 Å². The quantitative estimate of drug-likeness (QED) is 0.581. The maximum atomic E-state index is 12.2. The van der Waals surface area contributed by atoms with Gasteiger partial charge in [0.25, 0.3) is 0 Å². The van der Waals surface area contributed by atoms with Crippen molar-refractivity contribution in [3.8, 4) is 5.75 Å². The molecule has 1 rings (SSSR count). The Balaban J connectivity index is 2.30. The van der Waals surface area contributed by atoms with E-state index in [9.17, 15) is 13.2 Å². The second-order valence-corrected chi connectivity index (χ2v) is 5.68. The van der Waals surface area contributed by atoms with Gasteiger partial charge in [0.2, 0.25) is 0 Å². The molecule has 126 valence electrons. The number of benzene rings is 1. The summed E-state index contributed by atoms with van der Waals surface area (Å²) in [6, 6.07) is 6.47. The molecule has 1 unspecified atom stereocenters. The van der Waals surface area contributed by atoms with Gasteiger partial charge in [-0.15, -0.1) is 13.2 Å². The predicted molar refractivity (Wildman–Crippen MR) is 82.8 cm³/mol. The van der Waals surface area contributed by atoms with Gasteiger partial charge in [-0.25, -0.2) is 0 Å². The minimum Gasteiger partial charge on any atom is -0.406 e. The van der Waals surface area contributed by atoms with Crippen LogP contribution in [0, 0.1) is 0 Å². The lowest BCUT2D eigenvalue weighted by Crippen LogP contribution is -2.25. The van der Waals surface area contributed by atoms with E-state index in [0.717, 1.165) is 12.0 Å². The Morgan fingerprint density at radius 3 is 2.55 bits per heavy atom. The van der Waals surface area contributed by atoms with Crippen molar-refractivity contribution in [2.24, 2.45) is 0 Å². The summed E-state index contributed by atoms with van der Waals surface area (Å²) in [6.45, 7) is 4.85.